The van der Waals surface area contributed by atoms with Crippen LogP contribution in [0.1, 0.15) is 31.1 Å². The largest absolute Gasteiger partial charge is 0.350 e. The van der Waals surface area contributed by atoms with Gasteiger partial charge in [0.2, 0.25) is 5.91 Å². The van der Waals surface area contributed by atoms with Gasteiger partial charge in [-0.15, -0.1) is 11.8 Å². The number of hydrogen-bond donors (Lipinski definition) is 2. The molecule has 0 aliphatic carbocycles. The summed E-state index contributed by atoms with van der Waals surface area (Å²) in [6, 6.07) is 12.8. The van der Waals surface area contributed by atoms with Crippen molar-refractivity contribution < 1.29 is 14.5 Å². The van der Waals surface area contributed by atoms with Gasteiger partial charge in [-0.25, -0.2) is 0 Å². The summed E-state index contributed by atoms with van der Waals surface area (Å²) in [4.78, 5) is 35.8. The summed E-state index contributed by atoms with van der Waals surface area (Å²) in [7, 11) is 0. The zero-order chi connectivity index (χ0) is 20.0. The fraction of sp³-hybridized carbons (Fsp3) is 0.263. The summed E-state index contributed by atoms with van der Waals surface area (Å²) in [5.41, 5.74) is 0.838. The van der Waals surface area contributed by atoms with Crippen molar-refractivity contribution in [3.8, 4) is 0 Å². The van der Waals surface area contributed by atoms with Crippen LogP contribution in [0.2, 0.25) is 0 Å². The highest BCUT2D eigenvalue weighted by Gasteiger charge is 2.18. The lowest BCUT2D eigenvalue weighted by Gasteiger charge is -2.15. The van der Waals surface area contributed by atoms with Gasteiger partial charge in [0.15, 0.2) is 0 Å². The Hall–Kier alpha value is -2.87. The molecule has 0 aliphatic rings. The van der Waals surface area contributed by atoms with E-state index in [1.165, 1.54) is 23.9 Å². The Balaban J connectivity index is 2.06. The zero-order valence-electron chi connectivity index (χ0n) is 15.3. The van der Waals surface area contributed by atoms with Crippen molar-refractivity contribution in [3.05, 3.63) is 64.2 Å². The third-order valence-electron chi connectivity index (χ3n) is 3.58. The van der Waals surface area contributed by atoms with Crippen LogP contribution >= 0.6 is 11.8 Å². The molecule has 7 nitrogen and oxygen atoms in total. The first kappa shape index (κ1) is 20.4. The number of nitro benzene ring substituents is 1. The van der Waals surface area contributed by atoms with E-state index in [0.29, 0.717) is 11.3 Å². The highest BCUT2D eigenvalue weighted by molar-refractivity contribution is 8.00. The summed E-state index contributed by atoms with van der Waals surface area (Å²) in [5, 5.41) is 15.8. The number of para-hydroxylation sites is 1. The second-order valence-corrected chi connectivity index (χ2v) is 7.59. The van der Waals surface area contributed by atoms with Gasteiger partial charge in [0.25, 0.3) is 11.6 Å². The molecule has 0 radical (unpaired) electrons. The molecule has 1 atom stereocenters. The van der Waals surface area contributed by atoms with E-state index < -0.39 is 10.2 Å². The first-order chi connectivity index (χ1) is 12.8. The van der Waals surface area contributed by atoms with Crippen molar-refractivity contribution in [2.24, 2.45) is 0 Å². The van der Waals surface area contributed by atoms with Crippen LogP contribution in [0.4, 0.5) is 11.4 Å². The number of benzene rings is 2. The molecule has 0 heterocycles. The fourth-order valence-corrected chi connectivity index (χ4v) is 3.14. The first-order valence-electron chi connectivity index (χ1n) is 8.39. The van der Waals surface area contributed by atoms with Gasteiger partial charge in [0, 0.05) is 23.1 Å². The van der Waals surface area contributed by atoms with E-state index >= 15 is 0 Å². The Bertz CT molecular complexity index is 837. The van der Waals surface area contributed by atoms with Gasteiger partial charge in [-0.1, -0.05) is 12.1 Å². The van der Waals surface area contributed by atoms with E-state index in [1.807, 2.05) is 13.8 Å². The van der Waals surface area contributed by atoms with E-state index in [-0.39, 0.29) is 23.5 Å². The predicted molar refractivity (Wildman–Crippen MR) is 106 cm³/mol. The molecule has 1 unspecified atom stereocenters. The maximum absolute atomic E-state index is 12.5. The van der Waals surface area contributed by atoms with Crippen molar-refractivity contribution in [2.75, 3.05) is 5.32 Å². The molecule has 27 heavy (non-hydrogen) atoms. The fourth-order valence-electron chi connectivity index (χ4n) is 2.27. The number of hydrogen-bond acceptors (Lipinski definition) is 5. The first-order valence-corrected chi connectivity index (χ1v) is 9.27. The van der Waals surface area contributed by atoms with Crippen molar-refractivity contribution >= 4 is 35.0 Å². The van der Waals surface area contributed by atoms with Crippen LogP contribution in [-0.2, 0) is 4.79 Å². The predicted octanol–water partition coefficient (Wildman–Crippen LogP) is 3.85. The number of thioether (sulfide) groups is 1. The van der Waals surface area contributed by atoms with Crippen LogP contribution in [-0.4, -0.2) is 28.0 Å². The van der Waals surface area contributed by atoms with Crippen molar-refractivity contribution in [2.45, 2.75) is 37.0 Å². The molecule has 0 fully saturated rings. The summed E-state index contributed by atoms with van der Waals surface area (Å²) in [6.45, 7) is 5.46. The minimum absolute atomic E-state index is 0.00143. The molecule has 0 bridgehead atoms. The van der Waals surface area contributed by atoms with Crippen LogP contribution in [0.25, 0.3) is 0 Å². The van der Waals surface area contributed by atoms with Gasteiger partial charge in [0.1, 0.15) is 0 Å². The lowest BCUT2D eigenvalue weighted by molar-refractivity contribution is -0.384. The normalized spacial score (nSPS) is 11.7. The monoisotopic (exact) mass is 387 g/mol. The van der Waals surface area contributed by atoms with Gasteiger partial charge >= 0.3 is 0 Å². The Morgan fingerprint density at radius 2 is 1.67 bits per heavy atom. The van der Waals surface area contributed by atoms with Crippen LogP contribution in [0.5, 0.6) is 0 Å². The van der Waals surface area contributed by atoms with E-state index in [2.05, 4.69) is 10.6 Å². The smallest absolute Gasteiger partial charge is 0.269 e. The van der Waals surface area contributed by atoms with Gasteiger partial charge in [-0.05, 0) is 45.0 Å². The number of anilines is 1. The summed E-state index contributed by atoms with van der Waals surface area (Å²) in [5.74, 6) is -0.514. The highest BCUT2D eigenvalue weighted by Crippen LogP contribution is 2.26. The second-order valence-electron chi connectivity index (χ2n) is 6.17. The number of rotatable bonds is 7. The van der Waals surface area contributed by atoms with Crippen LogP contribution in [0, 0.1) is 10.1 Å². The minimum Gasteiger partial charge on any atom is -0.350 e. The molecule has 0 saturated heterocycles. The Kier molecular flexibility index (Phi) is 6.95. The maximum Gasteiger partial charge on any atom is 0.269 e. The molecule has 8 heteroatoms. The second kappa shape index (κ2) is 9.18. The van der Waals surface area contributed by atoms with Gasteiger partial charge < -0.3 is 10.6 Å². The molecule has 0 aromatic heterocycles. The van der Waals surface area contributed by atoms with Gasteiger partial charge in [-0.3, -0.25) is 19.7 Å². The number of carbonyl (C=O) groups excluding carboxylic acids is 2. The Labute approximate surface area is 161 Å². The topological polar surface area (TPSA) is 101 Å². The quantitative estimate of drug-likeness (QED) is 0.427. The third-order valence-corrected chi connectivity index (χ3v) is 4.69. The molecule has 0 aliphatic heterocycles. The lowest BCUT2D eigenvalue weighted by Crippen LogP contribution is -2.31. The van der Waals surface area contributed by atoms with Crippen LogP contribution in [0.15, 0.2) is 53.4 Å². The summed E-state index contributed by atoms with van der Waals surface area (Å²) >= 11 is 1.28. The SMILES string of the molecule is CC(C)NC(=O)c1ccccc1NC(=O)C(C)Sc1ccc([N+](=O)[O-])cc1. The van der Waals surface area contributed by atoms with E-state index in [1.54, 1.807) is 43.3 Å². The number of nitro groups is 1. The zero-order valence-corrected chi connectivity index (χ0v) is 16.1. The molecular weight excluding hydrogens is 366 g/mol. The number of amides is 2. The van der Waals surface area contributed by atoms with Crippen molar-refractivity contribution in [3.63, 3.8) is 0 Å². The third kappa shape index (κ3) is 5.82. The molecule has 2 aromatic rings. The number of carbonyl (C=O) groups is 2. The molecule has 142 valence electrons. The van der Waals surface area contributed by atoms with E-state index in [0.717, 1.165) is 4.90 Å². The molecule has 0 saturated carbocycles. The van der Waals surface area contributed by atoms with E-state index in [9.17, 15) is 19.7 Å². The molecule has 0 spiro atoms. The number of nitrogens with zero attached hydrogens (tertiary/aromatic N) is 1. The average Bonchev–Trinajstić information content (AvgIpc) is 2.61. The minimum atomic E-state index is -0.469. The summed E-state index contributed by atoms with van der Waals surface area (Å²) in [6.07, 6.45) is 0. The molecule has 2 N–H and O–H groups in total. The van der Waals surface area contributed by atoms with Gasteiger partial charge in [0.05, 0.1) is 21.4 Å². The van der Waals surface area contributed by atoms with Crippen LogP contribution in [0.3, 0.4) is 0 Å². The van der Waals surface area contributed by atoms with Crippen molar-refractivity contribution in [1.29, 1.82) is 0 Å². The Morgan fingerprint density at radius 1 is 1.04 bits per heavy atom. The maximum atomic E-state index is 12.5. The summed E-state index contributed by atoms with van der Waals surface area (Å²) < 4.78 is 0. The number of nitrogens with one attached hydrogen (secondary N) is 2. The Morgan fingerprint density at radius 3 is 2.26 bits per heavy atom. The van der Waals surface area contributed by atoms with Gasteiger partial charge in [-0.2, -0.15) is 0 Å². The number of non-ortho nitro benzene ring substituents is 1. The molecule has 2 aromatic carbocycles. The standard InChI is InChI=1S/C19H21N3O4S/c1-12(2)20-19(24)16-6-4-5-7-17(16)21-18(23)13(3)27-15-10-8-14(9-11-15)22(25)26/h4-13H,1-3H3,(H,20,24)(H,21,23). The average molecular weight is 387 g/mol. The van der Waals surface area contributed by atoms with Crippen molar-refractivity contribution in [1.82, 2.24) is 5.32 Å². The van der Waals surface area contributed by atoms with Crippen LogP contribution < -0.4 is 10.6 Å². The lowest BCUT2D eigenvalue weighted by atomic mass is 10.1. The molecule has 2 amide bonds. The van der Waals surface area contributed by atoms with E-state index in [4.69, 9.17) is 0 Å². The molecular formula is C19H21N3O4S. The highest BCUT2D eigenvalue weighted by atomic mass is 32.2. The molecule has 2 rings (SSSR count).